The summed E-state index contributed by atoms with van der Waals surface area (Å²) in [7, 11) is 0. The highest BCUT2D eigenvalue weighted by atomic mass is 16.4. The second-order valence-corrected chi connectivity index (χ2v) is 4.92. The normalized spacial score (nSPS) is 11.9. The molecule has 20 heavy (non-hydrogen) atoms. The van der Waals surface area contributed by atoms with Crippen molar-refractivity contribution in [1.29, 1.82) is 0 Å². The summed E-state index contributed by atoms with van der Waals surface area (Å²) < 4.78 is 0. The first-order valence-electron chi connectivity index (χ1n) is 6.52. The molecule has 0 aliphatic rings. The van der Waals surface area contributed by atoms with Gasteiger partial charge in [-0.05, 0) is 18.1 Å². The van der Waals surface area contributed by atoms with Gasteiger partial charge in [0.1, 0.15) is 0 Å². The molecule has 0 saturated heterocycles. The maximum Gasteiger partial charge on any atom is 0.303 e. The minimum atomic E-state index is -1.02. The van der Waals surface area contributed by atoms with E-state index in [1.54, 1.807) is 30.3 Å². The fourth-order valence-electron chi connectivity index (χ4n) is 1.82. The summed E-state index contributed by atoms with van der Waals surface area (Å²) in [5.74, 6) is -1.70. The summed E-state index contributed by atoms with van der Waals surface area (Å²) in [6.45, 7) is 3.63. The van der Waals surface area contributed by atoms with Crippen LogP contribution in [0.5, 0.6) is 0 Å². The molecule has 0 fully saturated rings. The van der Waals surface area contributed by atoms with Crippen LogP contribution >= 0.6 is 0 Å². The summed E-state index contributed by atoms with van der Waals surface area (Å²) in [6.07, 6.45) is -0.295. The monoisotopic (exact) mass is 277 g/mol. The first-order valence-corrected chi connectivity index (χ1v) is 6.52. The number of carboxylic acid groups (broad SMARTS) is 1. The minimum absolute atomic E-state index is 0.0761. The highest BCUT2D eigenvalue weighted by Gasteiger charge is 2.24. The molecule has 0 spiro atoms. The maximum absolute atomic E-state index is 12.0. The molecular weight excluding hydrogens is 258 g/mol. The minimum Gasteiger partial charge on any atom is -0.481 e. The van der Waals surface area contributed by atoms with E-state index in [9.17, 15) is 14.4 Å². The summed E-state index contributed by atoms with van der Waals surface area (Å²) in [4.78, 5) is 34.5. The number of Topliss-reactive ketones (excluding diaryl/α,β-unsaturated/α-hetero) is 1. The number of carboxylic acids is 1. The van der Waals surface area contributed by atoms with E-state index in [4.69, 9.17) is 5.11 Å². The molecule has 1 unspecified atom stereocenters. The number of carbonyl (C=O) groups is 3. The molecule has 0 heterocycles. The van der Waals surface area contributed by atoms with E-state index in [1.165, 1.54) is 0 Å². The van der Waals surface area contributed by atoms with Crippen LogP contribution in [0, 0.1) is 5.92 Å². The average molecular weight is 277 g/mol. The average Bonchev–Trinajstić information content (AvgIpc) is 2.42. The van der Waals surface area contributed by atoms with Crippen molar-refractivity contribution in [2.75, 3.05) is 0 Å². The zero-order valence-electron chi connectivity index (χ0n) is 11.6. The Morgan fingerprint density at radius 2 is 1.70 bits per heavy atom. The smallest absolute Gasteiger partial charge is 0.303 e. The van der Waals surface area contributed by atoms with Crippen molar-refractivity contribution in [3.63, 3.8) is 0 Å². The molecule has 0 aliphatic heterocycles. The largest absolute Gasteiger partial charge is 0.481 e. The molecule has 108 valence electrons. The Labute approximate surface area is 118 Å². The number of carbonyl (C=O) groups excluding carboxylic acids is 2. The van der Waals surface area contributed by atoms with Crippen molar-refractivity contribution in [1.82, 2.24) is 5.32 Å². The van der Waals surface area contributed by atoms with Crippen LogP contribution in [-0.4, -0.2) is 28.8 Å². The van der Waals surface area contributed by atoms with Gasteiger partial charge in [-0.1, -0.05) is 32.0 Å². The van der Waals surface area contributed by atoms with Gasteiger partial charge in [0.15, 0.2) is 5.78 Å². The first kappa shape index (κ1) is 15.9. The maximum atomic E-state index is 12.0. The number of benzene rings is 1. The predicted octanol–water partition coefficient (Wildman–Crippen LogP) is 1.87. The van der Waals surface area contributed by atoms with Gasteiger partial charge in [0, 0.05) is 12.0 Å². The highest BCUT2D eigenvalue weighted by molar-refractivity contribution is 5.98. The third-order valence-corrected chi connectivity index (χ3v) is 2.92. The number of rotatable bonds is 7. The van der Waals surface area contributed by atoms with Crippen molar-refractivity contribution in [3.8, 4) is 0 Å². The summed E-state index contributed by atoms with van der Waals surface area (Å²) in [6, 6.07) is 7.94. The van der Waals surface area contributed by atoms with Crippen molar-refractivity contribution >= 4 is 17.7 Å². The Balaban J connectivity index is 2.70. The van der Waals surface area contributed by atoms with E-state index in [0.29, 0.717) is 5.56 Å². The Bertz CT molecular complexity index is 482. The standard InChI is InChI=1S/C15H19NO4/c1-10(2)14(12(17)8-9-13(18)19)16-15(20)11-6-4-3-5-7-11/h3-7,10,14H,8-9H2,1-2H3,(H,16,20)(H,18,19). The molecule has 0 bridgehead atoms. The fourth-order valence-corrected chi connectivity index (χ4v) is 1.82. The predicted molar refractivity (Wildman–Crippen MR) is 74.4 cm³/mol. The van der Waals surface area contributed by atoms with Crippen LogP contribution in [0.1, 0.15) is 37.0 Å². The molecule has 1 rings (SSSR count). The fraction of sp³-hybridized carbons (Fsp3) is 0.400. The number of aliphatic carboxylic acids is 1. The first-order chi connectivity index (χ1) is 9.41. The van der Waals surface area contributed by atoms with E-state index in [2.05, 4.69) is 5.32 Å². The Morgan fingerprint density at radius 1 is 1.10 bits per heavy atom. The second kappa shape index (κ2) is 7.43. The van der Waals surface area contributed by atoms with E-state index < -0.39 is 12.0 Å². The van der Waals surface area contributed by atoms with Crippen molar-refractivity contribution in [2.24, 2.45) is 5.92 Å². The van der Waals surface area contributed by atoms with Gasteiger partial charge in [0.2, 0.25) is 0 Å². The van der Waals surface area contributed by atoms with E-state index >= 15 is 0 Å². The molecule has 1 aromatic rings. The number of hydrogen-bond acceptors (Lipinski definition) is 3. The van der Waals surface area contributed by atoms with Gasteiger partial charge in [0.05, 0.1) is 12.5 Å². The summed E-state index contributed by atoms with van der Waals surface area (Å²) in [5, 5.41) is 11.3. The van der Waals surface area contributed by atoms with E-state index in [1.807, 2.05) is 13.8 Å². The van der Waals surface area contributed by atoms with Crippen molar-refractivity contribution < 1.29 is 19.5 Å². The van der Waals surface area contributed by atoms with E-state index in [0.717, 1.165) is 0 Å². The molecule has 0 aliphatic carbocycles. The Hall–Kier alpha value is -2.17. The van der Waals surface area contributed by atoms with Crippen molar-refractivity contribution in [2.45, 2.75) is 32.7 Å². The number of ketones is 1. The van der Waals surface area contributed by atoms with Gasteiger partial charge >= 0.3 is 5.97 Å². The molecule has 0 radical (unpaired) electrons. The molecule has 0 aromatic heterocycles. The van der Waals surface area contributed by atoms with Crippen LogP contribution in [0.2, 0.25) is 0 Å². The molecular formula is C15H19NO4. The van der Waals surface area contributed by atoms with Crippen molar-refractivity contribution in [3.05, 3.63) is 35.9 Å². The molecule has 5 nitrogen and oxygen atoms in total. The topological polar surface area (TPSA) is 83.5 Å². The van der Waals surface area contributed by atoms with Gasteiger partial charge in [-0.3, -0.25) is 14.4 Å². The van der Waals surface area contributed by atoms with E-state index in [-0.39, 0.29) is 30.4 Å². The van der Waals surface area contributed by atoms with Crippen LogP contribution in [0.4, 0.5) is 0 Å². The molecule has 1 atom stereocenters. The number of amides is 1. The van der Waals surface area contributed by atoms with Crippen LogP contribution in [0.15, 0.2) is 30.3 Å². The van der Waals surface area contributed by atoms with Gasteiger partial charge in [0.25, 0.3) is 5.91 Å². The molecule has 5 heteroatoms. The van der Waals surface area contributed by atoms with Gasteiger partial charge in [-0.15, -0.1) is 0 Å². The van der Waals surface area contributed by atoms with Gasteiger partial charge < -0.3 is 10.4 Å². The summed E-state index contributed by atoms with van der Waals surface area (Å²) >= 11 is 0. The lowest BCUT2D eigenvalue weighted by Gasteiger charge is -2.21. The molecule has 1 amide bonds. The number of nitrogens with one attached hydrogen (secondary N) is 1. The molecule has 2 N–H and O–H groups in total. The summed E-state index contributed by atoms with van der Waals surface area (Å²) in [5.41, 5.74) is 0.476. The lowest BCUT2D eigenvalue weighted by molar-refractivity contribution is -0.138. The SMILES string of the molecule is CC(C)C(NC(=O)c1ccccc1)C(=O)CCC(=O)O. The third kappa shape index (κ3) is 4.84. The highest BCUT2D eigenvalue weighted by Crippen LogP contribution is 2.09. The van der Waals surface area contributed by atoms with Crippen LogP contribution in [-0.2, 0) is 9.59 Å². The van der Waals surface area contributed by atoms with Gasteiger partial charge in [-0.2, -0.15) is 0 Å². The molecule has 0 saturated carbocycles. The quantitative estimate of drug-likeness (QED) is 0.797. The van der Waals surface area contributed by atoms with Crippen LogP contribution in [0.3, 0.4) is 0 Å². The van der Waals surface area contributed by atoms with Gasteiger partial charge in [-0.25, -0.2) is 0 Å². The lowest BCUT2D eigenvalue weighted by Crippen LogP contribution is -2.44. The van der Waals surface area contributed by atoms with Crippen LogP contribution in [0.25, 0.3) is 0 Å². The third-order valence-electron chi connectivity index (χ3n) is 2.92. The van der Waals surface area contributed by atoms with Crippen LogP contribution < -0.4 is 5.32 Å². The second-order valence-electron chi connectivity index (χ2n) is 4.92. The molecule has 1 aromatic carbocycles. The Morgan fingerprint density at radius 3 is 2.20 bits per heavy atom. The number of hydrogen-bond donors (Lipinski definition) is 2. The zero-order valence-corrected chi connectivity index (χ0v) is 11.6. The lowest BCUT2D eigenvalue weighted by atomic mass is 9.96. The zero-order chi connectivity index (χ0) is 15.1. The Kier molecular flexibility index (Phi) is 5.90.